The standard InChI is InChI=1S/C22H33N3O2/c1-14-12-25(13-15(2)27-14)19-7-6-16(11-23-19)20(26)24-18-10-17-8-9-22(18,5)21(17,3)4/h6-7,11,14-15,17-18H,8-10,12-13H2,1-5H3,(H,24,26)/t14-,15-,17-,18-,22-/m1/s1. The number of anilines is 1. The predicted molar refractivity (Wildman–Crippen MR) is 107 cm³/mol. The molecule has 27 heavy (non-hydrogen) atoms. The summed E-state index contributed by atoms with van der Waals surface area (Å²) < 4.78 is 5.79. The highest BCUT2D eigenvalue weighted by molar-refractivity contribution is 5.94. The lowest BCUT2D eigenvalue weighted by Crippen LogP contribution is -2.47. The van der Waals surface area contributed by atoms with E-state index in [0.717, 1.165) is 31.2 Å². The molecule has 2 heterocycles. The van der Waals surface area contributed by atoms with Crippen molar-refractivity contribution in [2.24, 2.45) is 16.7 Å². The Morgan fingerprint density at radius 1 is 1.22 bits per heavy atom. The van der Waals surface area contributed by atoms with E-state index in [0.29, 0.717) is 11.0 Å². The molecule has 2 saturated carbocycles. The second kappa shape index (κ2) is 6.47. The van der Waals surface area contributed by atoms with Crippen LogP contribution < -0.4 is 10.2 Å². The van der Waals surface area contributed by atoms with Gasteiger partial charge in [0, 0.05) is 25.3 Å². The summed E-state index contributed by atoms with van der Waals surface area (Å²) in [5.74, 6) is 1.65. The molecular weight excluding hydrogens is 338 g/mol. The number of nitrogens with zero attached hydrogens (tertiary/aromatic N) is 2. The largest absolute Gasteiger partial charge is 0.372 e. The fourth-order valence-corrected chi connectivity index (χ4v) is 5.74. The quantitative estimate of drug-likeness (QED) is 0.881. The number of carbonyl (C=O) groups excluding carboxylic acids is 1. The summed E-state index contributed by atoms with van der Waals surface area (Å²) in [5.41, 5.74) is 1.15. The first-order valence-corrected chi connectivity index (χ1v) is 10.4. The Balaban J connectivity index is 1.43. The van der Waals surface area contributed by atoms with E-state index < -0.39 is 0 Å². The minimum absolute atomic E-state index is 0.00680. The Bertz CT molecular complexity index is 707. The van der Waals surface area contributed by atoms with Gasteiger partial charge in [-0.1, -0.05) is 20.8 Å². The average molecular weight is 372 g/mol. The Hall–Kier alpha value is -1.62. The number of fused-ring (bicyclic) bond motifs is 2. The zero-order chi connectivity index (χ0) is 19.4. The van der Waals surface area contributed by atoms with Crippen molar-refractivity contribution in [3.8, 4) is 0 Å². The number of morpholine rings is 1. The van der Waals surface area contributed by atoms with Gasteiger partial charge in [-0.25, -0.2) is 4.98 Å². The van der Waals surface area contributed by atoms with Crippen LogP contribution in [-0.2, 0) is 4.74 Å². The molecule has 2 aliphatic carbocycles. The molecule has 0 unspecified atom stereocenters. The molecule has 5 nitrogen and oxygen atoms in total. The summed E-state index contributed by atoms with van der Waals surface area (Å²) in [6, 6.07) is 4.13. The SMILES string of the molecule is C[C@@H]1CN(c2ccc(C(=O)N[C@@H]3C[C@H]4CC[C@@]3(C)C4(C)C)cn2)C[C@@H](C)O1. The average Bonchev–Trinajstić information content (AvgIpc) is 2.94. The Morgan fingerprint density at radius 2 is 1.93 bits per heavy atom. The van der Waals surface area contributed by atoms with Gasteiger partial charge in [-0.05, 0) is 62.0 Å². The summed E-state index contributed by atoms with van der Waals surface area (Å²) in [5, 5.41) is 3.32. The van der Waals surface area contributed by atoms with Gasteiger partial charge >= 0.3 is 0 Å². The number of carbonyl (C=O) groups is 1. The lowest BCUT2D eigenvalue weighted by Gasteiger charge is -2.39. The number of aromatic nitrogens is 1. The monoisotopic (exact) mass is 371 g/mol. The van der Waals surface area contributed by atoms with Crippen LogP contribution in [0.15, 0.2) is 18.3 Å². The van der Waals surface area contributed by atoms with Gasteiger partial charge in [0.05, 0.1) is 17.8 Å². The van der Waals surface area contributed by atoms with Crippen molar-refractivity contribution in [2.45, 2.75) is 72.1 Å². The van der Waals surface area contributed by atoms with E-state index in [1.54, 1.807) is 6.20 Å². The van der Waals surface area contributed by atoms with Crippen LogP contribution in [0.5, 0.6) is 0 Å². The minimum Gasteiger partial charge on any atom is -0.372 e. The van der Waals surface area contributed by atoms with Gasteiger partial charge in [-0.3, -0.25) is 4.79 Å². The molecule has 5 heteroatoms. The number of nitrogens with one attached hydrogen (secondary N) is 1. The molecule has 148 valence electrons. The highest BCUT2D eigenvalue weighted by Crippen LogP contribution is 2.65. The molecule has 3 aliphatic rings. The van der Waals surface area contributed by atoms with Gasteiger partial charge < -0.3 is 15.0 Å². The van der Waals surface area contributed by atoms with Crippen molar-refractivity contribution in [2.75, 3.05) is 18.0 Å². The molecule has 0 aromatic carbocycles. The van der Waals surface area contributed by atoms with Crippen molar-refractivity contribution in [3.05, 3.63) is 23.9 Å². The van der Waals surface area contributed by atoms with Gasteiger partial charge in [0.25, 0.3) is 5.91 Å². The fraction of sp³-hybridized carbons (Fsp3) is 0.727. The third-order valence-electron chi connectivity index (χ3n) is 7.85. The second-order valence-corrected chi connectivity index (χ2v) is 9.70. The van der Waals surface area contributed by atoms with Gasteiger partial charge in [0.15, 0.2) is 0 Å². The smallest absolute Gasteiger partial charge is 0.253 e. The summed E-state index contributed by atoms with van der Waals surface area (Å²) in [7, 11) is 0. The van der Waals surface area contributed by atoms with E-state index >= 15 is 0 Å². The highest BCUT2D eigenvalue weighted by Gasteiger charge is 2.61. The van der Waals surface area contributed by atoms with Crippen LogP contribution in [0.3, 0.4) is 0 Å². The summed E-state index contributed by atoms with van der Waals surface area (Å²) >= 11 is 0. The first-order valence-electron chi connectivity index (χ1n) is 10.4. The third kappa shape index (κ3) is 3.04. The van der Waals surface area contributed by atoms with Crippen LogP contribution in [-0.4, -0.2) is 42.2 Å². The summed E-state index contributed by atoms with van der Waals surface area (Å²) in [6.45, 7) is 12.9. The molecule has 0 radical (unpaired) electrons. The van der Waals surface area contributed by atoms with E-state index in [9.17, 15) is 4.79 Å². The summed E-state index contributed by atoms with van der Waals surface area (Å²) in [4.78, 5) is 19.6. The van der Waals surface area contributed by atoms with Crippen LogP contribution in [0.4, 0.5) is 5.82 Å². The molecule has 1 N–H and O–H groups in total. The van der Waals surface area contributed by atoms with Crippen LogP contribution in [0, 0.1) is 16.7 Å². The van der Waals surface area contributed by atoms with Gasteiger partial charge in [-0.15, -0.1) is 0 Å². The van der Waals surface area contributed by atoms with Crippen molar-refractivity contribution < 1.29 is 9.53 Å². The molecule has 0 spiro atoms. The molecule has 2 bridgehead atoms. The number of amides is 1. The summed E-state index contributed by atoms with van der Waals surface area (Å²) in [6.07, 6.45) is 5.71. The van der Waals surface area contributed by atoms with Crippen LogP contribution in [0.25, 0.3) is 0 Å². The lowest BCUT2D eigenvalue weighted by atomic mass is 9.69. The fourth-order valence-electron chi connectivity index (χ4n) is 5.74. The first-order chi connectivity index (χ1) is 12.7. The predicted octanol–water partition coefficient (Wildman–Crippen LogP) is 3.64. The van der Waals surface area contributed by atoms with E-state index in [2.05, 4.69) is 49.8 Å². The molecule has 1 amide bonds. The number of hydrogen-bond acceptors (Lipinski definition) is 4. The highest BCUT2D eigenvalue weighted by atomic mass is 16.5. The van der Waals surface area contributed by atoms with Gasteiger partial charge in [0.1, 0.15) is 5.82 Å². The van der Waals surface area contributed by atoms with Crippen molar-refractivity contribution in [1.29, 1.82) is 0 Å². The number of ether oxygens (including phenoxy) is 1. The maximum Gasteiger partial charge on any atom is 0.253 e. The Morgan fingerprint density at radius 3 is 2.44 bits per heavy atom. The first kappa shape index (κ1) is 18.7. The van der Waals surface area contributed by atoms with Gasteiger partial charge in [0.2, 0.25) is 0 Å². The van der Waals surface area contributed by atoms with Crippen molar-refractivity contribution in [3.63, 3.8) is 0 Å². The molecule has 5 atom stereocenters. The number of hydrogen-bond donors (Lipinski definition) is 1. The normalized spacial score (nSPS) is 37.4. The maximum absolute atomic E-state index is 12.8. The molecule has 4 rings (SSSR count). The molecular formula is C22H33N3O2. The third-order valence-corrected chi connectivity index (χ3v) is 7.85. The van der Waals surface area contributed by atoms with Gasteiger partial charge in [-0.2, -0.15) is 0 Å². The number of rotatable bonds is 3. The number of pyridine rings is 1. The van der Waals surface area contributed by atoms with Crippen LogP contribution in [0.2, 0.25) is 0 Å². The minimum atomic E-state index is 0.00680. The Labute approximate surface area is 162 Å². The van der Waals surface area contributed by atoms with Crippen molar-refractivity contribution in [1.82, 2.24) is 10.3 Å². The molecule has 1 saturated heterocycles. The molecule has 1 aliphatic heterocycles. The van der Waals surface area contributed by atoms with Crippen molar-refractivity contribution >= 4 is 11.7 Å². The topological polar surface area (TPSA) is 54.5 Å². The second-order valence-electron chi connectivity index (χ2n) is 9.70. The Kier molecular flexibility index (Phi) is 4.49. The molecule has 1 aromatic heterocycles. The van der Waals surface area contributed by atoms with E-state index in [1.807, 2.05) is 12.1 Å². The van der Waals surface area contributed by atoms with E-state index in [-0.39, 0.29) is 29.6 Å². The zero-order valence-corrected chi connectivity index (χ0v) is 17.3. The van der Waals surface area contributed by atoms with Crippen LogP contribution in [0.1, 0.15) is 64.2 Å². The molecule has 3 fully saturated rings. The van der Waals surface area contributed by atoms with E-state index in [1.165, 1.54) is 12.8 Å². The molecule has 1 aromatic rings. The van der Waals surface area contributed by atoms with E-state index in [4.69, 9.17) is 4.74 Å². The van der Waals surface area contributed by atoms with Crippen LogP contribution >= 0.6 is 0 Å². The maximum atomic E-state index is 12.8. The zero-order valence-electron chi connectivity index (χ0n) is 17.3. The lowest BCUT2D eigenvalue weighted by molar-refractivity contribution is -0.00546.